The van der Waals surface area contributed by atoms with Crippen LogP contribution in [0.1, 0.15) is 6.42 Å². The molecule has 0 unspecified atom stereocenters. The second-order valence-electron chi connectivity index (χ2n) is 2.12. The SMILES string of the molecule is O=C(O)CC(=S)S.c1ccccc1. The zero-order chi connectivity index (χ0) is 10.1. The molecule has 0 spiro atoms. The number of thiol groups is 1. The highest BCUT2D eigenvalue weighted by Gasteiger charge is 1.95. The Morgan fingerprint density at radius 1 is 1.15 bits per heavy atom. The molecule has 0 aromatic heterocycles. The van der Waals surface area contributed by atoms with Crippen molar-refractivity contribution in [2.24, 2.45) is 0 Å². The van der Waals surface area contributed by atoms with Crippen molar-refractivity contribution in [2.45, 2.75) is 6.42 Å². The summed E-state index contributed by atoms with van der Waals surface area (Å²) in [5.74, 6) is -0.931. The van der Waals surface area contributed by atoms with E-state index in [1.54, 1.807) is 0 Å². The molecule has 1 aromatic carbocycles. The minimum absolute atomic E-state index is 0.127. The third-order valence-electron chi connectivity index (χ3n) is 0.969. The molecule has 1 aromatic rings. The van der Waals surface area contributed by atoms with E-state index in [0.717, 1.165) is 0 Å². The summed E-state index contributed by atoms with van der Waals surface area (Å²) in [5, 5.41) is 7.95. The number of thiocarbonyl (C=S) groups is 1. The summed E-state index contributed by atoms with van der Waals surface area (Å²) in [4.78, 5) is 9.67. The van der Waals surface area contributed by atoms with E-state index in [4.69, 9.17) is 5.11 Å². The average molecular weight is 214 g/mol. The van der Waals surface area contributed by atoms with Gasteiger partial charge in [-0.1, -0.05) is 48.6 Å². The van der Waals surface area contributed by atoms with Gasteiger partial charge in [-0.2, -0.15) is 0 Å². The molecule has 0 fully saturated rings. The van der Waals surface area contributed by atoms with Crippen LogP contribution >= 0.6 is 24.8 Å². The Balaban J connectivity index is 0.000000223. The van der Waals surface area contributed by atoms with Crippen LogP contribution in [0.5, 0.6) is 0 Å². The molecule has 0 saturated heterocycles. The number of carboxylic acid groups (broad SMARTS) is 1. The Bertz CT molecular complexity index is 221. The Hall–Kier alpha value is -0.870. The van der Waals surface area contributed by atoms with Crippen LogP contribution in [0.15, 0.2) is 36.4 Å². The molecule has 0 atom stereocenters. The first-order chi connectivity index (χ1) is 6.13. The molecule has 4 heteroatoms. The normalized spacial score (nSPS) is 8.08. The Kier molecular flexibility index (Phi) is 7.24. The van der Waals surface area contributed by atoms with Gasteiger partial charge in [0, 0.05) is 0 Å². The molecular weight excluding hydrogens is 204 g/mol. The number of hydrogen-bond donors (Lipinski definition) is 2. The number of rotatable bonds is 2. The van der Waals surface area contributed by atoms with Gasteiger partial charge in [0.05, 0.1) is 10.6 Å². The maximum absolute atomic E-state index is 9.67. The molecule has 0 bridgehead atoms. The van der Waals surface area contributed by atoms with E-state index in [9.17, 15) is 4.79 Å². The van der Waals surface area contributed by atoms with Crippen molar-refractivity contribution in [1.29, 1.82) is 0 Å². The van der Waals surface area contributed by atoms with Gasteiger partial charge in [-0.3, -0.25) is 4.79 Å². The van der Waals surface area contributed by atoms with E-state index in [0.29, 0.717) is 0 Å². The summed E-state index contributed by atoms with van der Waals surface area (Å²) < 4.78 is 0.215. The predicted octanol–water partition coefficient (Wildman–Crippen LogP) is 2.40. The van der Waals surface area contributed by atoms with Crippen LogP contribution in [0, 0.1) is 0 Å². The third kappa shape index (κ3) is 11.1. The number of benzene rings is 1. The fourth-order valence-electron chi connectivity index (χ4n) is 0.514. The first-order valence-electron chi connectivity index (χ1n) is 3.56. The molecule has 0 saturated carbocycles. The van der Waals surface area contributed by atoms with Gasteiger partial charge in [-0.25, -0.2) is 0 Å². The van der Waals surface area contributed by atoms with Crippen LogP contribution in [-0.4, -0.2) is 15.3 Å². The van der Waals surface area contributed by atoms with Crippen LogP contribution in [-0.2, 0) is 4.79 Å². The Morgan fingerprint density at radius 2 is 1.46 bits per heavy atom. The second-order valence-corrected chi connectivity index (χ2v) is 3.45. The fraction of sp³-hybridized carbons (Fsp3) is 0.111. The number of carboxylic acids is 1. The van der Waals surface area contributed by atoms with Gasteiger partial charge < -0.3 is 5.11 Å². The number of hydrogen-bond acceptors (Lipinski definition) is 2. The lowest BCUT2D eigenvalue weighted by molar-refractivity contribution is -0.135. The van der Waals surface area contributed by atoms with E-state index in [1.807, 2.05) is 36.4 Å². The lowest BCUT2D eigenvalue weighted by atomic mass is 10.4. The topological polar surface area (TPSA) is 37.3 Å². The maximum atomic E-state index is 9.67. The van der Waals surface area contributed by atoms with Gasteiger partial charge in [0.15, 0.2) is 0 Å². The molecule has 13 heavy (non-hydrogen) atoms. The van der Waals surface area contributed by atoms with Crippen LogP contribution < -0.4 is 0 Å². The van der Waals surface area contributed by atoms with E-state index >= 15 is 0 Å². The fourth-order valence-corrected chi connectivity index (χ4v) is 0.773. The van der Waals surface area contributed by atoms with Gasteiger partial charge in [-0.05, 0) is 0 Å². The van der Waals surface area contributed by atoms with Crippen LogP contribution in [0.4, 0.5) is 0 Å². The summed E-state index contributed by atoms with van der Waals surface area (Å²) in [6.45, 7) is 0. The lowest BCUT2D eigenvalue weighted by Gasteiger charge is -1.83. The van der Waals surface area contributed by atoms with E-state index in [-0.39, 0.29) is 10.6 Å². The van der Waals surface area contributed by atoms with Gasteiger partial charge in [-0.15, -0.1) is 12.6 Å². The quantitative estimate of drug-likeness (QED) is 0.586. The summed E-state index contributed by atoms with van der Waals surface area (Å²) in [5.41, 5.74) is 0. The van der Waals surface area contributed by atoms with Crippen LogP contribution in [0.25, 0.3) is 0 Å². The smallest absolute Gasteiger partial charge is 0.309 e. The van der Waals surface area contributed by atoms with Crippen LogP contribution in [0.2, 0.25) is 0 Å². The van der Waals surface area contributed by atoms with E-state index in [2.05, 4.69) is 24.8 Å². The number of carbonyl (C=O) groups is 1. The summed E-state index contributed by atoms with van der Waals surface area (Å²) in [6, 6.07) is 12.0. The molecule has 0 aliphatic rings. The lowest BCUT2D eigenvalue weighted by Crippen LogP contribution is -1.97. The highest BCUT2D eigenvalue weighted by Crippen LogP contribution is 1.89. The minimum Gasteiger partial charge on any atom is -0.481 e. The summed E-state index contributed by atoms with van der Waals surface area (Å²) in [6.07, 6.45) is -0.127. The van der Waals surface area contributed by atoms with Gasteiger partial charge >= 0.3 is 5.97 Å². The highest BCUT2D eigenvalue weighted by molar-refractivity contribution is 8.11. The summed E-state index contributed by atoms with van der Waals surface area (Å²) >= 11 is 7.94. The molecule has 0 heterocycles. The molecule has 2 nitrogen and oxygen atoms in total. The Labute approximate surface area is 88.0 Å². The van der Waals surface area contributed by atoms with Crippen molar-refractivity contribution in [3.63, 3.8) is 0 Å². The van der Waals surface area contributed by atoms with E-state index < -0.39 is 5.97 Å². The zero-order valence-electron chi connectivity index (χ0n) is 6.88. The minimum atomic E-state index is -0.931. The first-order valence-corrected chi connectivity index (χ1v) is 4.42. The average Bonchev–Trinajstić information content (AvgIpc) is 2.06. The van der Waals surface area contributed by atoms with Crippen molar-refractivity contribution in [3.05, 3.63) is 36.4 Å². The molecule has 0 aliphatic heterocycles. The van der Waals surface area contributed by atoms with Gasteiger partial charge in [0.25, 0.3) is 0 Å². The van der Waals surface area contributed by atoms with Crippen molar-refractivity contribution < 1.29 is 9.90 Å². The third-order valence-corrected chi connectivity index (χ3v) is 1.27. The summed E-state index contributed by atoms with van der Waals surface area (Å²) in [7, 11) is 0. The maximum Gasteiger partial charge on any atom is 0.309 e. The van der Waals surface area contributed by atoms with E-state index in [1.165, 1.54) is 0 Å². The monoisotopic (exact) mass is 214 g/mol. The van der Waals surface area contributed by atoms with Crippen molar-refractivity contribution in [3.8, 4) is 0 Å². The molecule has 0 radical (unpaired) electrons. The number of aliphatic carboxylic acids is 1. The Morgan fingerprint density at radius 3 is 1.54 bits per heavy atom. The van der Waals surface area contributed by atoms with Crippen LogP contribution in [0.3, 0.4) is 0 Å². The molecule has 0 aliphatic carbocycles. The standard InChI is InChI=1S/C6H6.C3H4O2S2/c1-2-4-6-5-3-1;4-2(5)1-3(6)7/h1-6H;1H2,(H,4,5)(H,6,7). The molecule has 0 amide bonds. The first kappa shape index (κ1) is 12.1. The molecule has 70 valence electrons. The van der Waals surface area contributed by atoms with Crippen molar-refractivity contribution in [1.82, 2.24) is 0 Å². The van der Waals surface area contributed by atoms with Crippen molar-refractivity contribution >= 4 is 35.0 Å². The van der Waals surface area contributed by atoms with Crippen molar-refractivity contribution in [2.75, 3.05) is 0 Å². The van der Waals surface area contributed by atoms with Gasteiger partial charge in [0.1, 0.15) is 0 Å². The highest BCUT2D eigenvalue weighted by atomic mass is 32.1. The molecular formula is C9H10O2S2. The zero-order valence-corrected chi connectivity index (χ0v) is 8.59. The largest absolute Gasteiger partial charge is 0.481 e. The van der Waals surface area contributed by atoms with Gasteiger partial charge in [0.2, 0.25) is 0 Å². The predicted molar refractivity (Wildman–Crippen MR) is 60.3 cm³/mol. The molecule has 1 rings (SSSR count). The second kappa shape index (κ2) is 7.76. The molecule has 1 N–H and O–H groups in total.